The Labute approximate surface area is 184 Å². The highest BCUT2D eigenvalue weighted by Gasteiger charge is 2.27. The predicted octanol–water partition coefficient (Wildman–Crippen LogP) is 4.88. The molecule has 0 saturated carbocycles. The first-order valence-electron chi connectivity index (χ1n) is 10.3. The molecular weight excluding hydrogens is 408 g/mol. The quantitative estimate of drug-likeness (QED) is 0.547. The van der Waals surface area contributed by atoms with E-state index in [1.165, 1.54) is 16.4 Å². The largest absolute Gasteiger partial charge is 0.348 e. The maximum Gasteiger partial charge on any atom is 0.264 e. The monoisotopic (exact) mass is 436 g/mol. The molecule has 1 amide bonds. The average molecular weight is 437 g/mol. The van der Waals surface area contributed by atoms with Crippen molar-refractivity contribution in [2.24, 2.45) is 0 Å². The Morgan fingerprint density at radius 1 is 0.806 bits per heavy atom. The summed E-state index contributed by atoms with van der Waals surface area (Å²) < 4.78 is 27.9. The van der Waals surface area contributed by atoms with Crippen LogP contribution in [0.3, 0.4) is 0 Å². The number of hydrogen-bond acceptors (Lipinski definition) is 3. The van der Waals surface area contributed by atoms with E-state index in [-0.39, 0.29) is 23.4 Å². The molecule has 5 nitrogen and oxygen atoms in total. The lowest BCUT2D eigenvalue weighted by Crippen LogP contribution is -2.41. The van der Waals surface area contributed by atoms with Gasteiger partial charge in [-0.1, -0.05) is 74.5 Å². The van der Waals surface area contributed by atoms with Gasteiger partial charge in [0.2, 0.25) is 5.91 Å². The summed E-state index contributed by atoms with van der Waals surface area (Å²) in [7, 11) is -3.91. The second-order valence-corrected chi connectivity index (χ2v) is 9.63. The van der Waals surface area contributed by atoms with Crippen molar-refractivity contribution in [3.63, 3.8) is 0 Å². The van der Waals surface area contributed by atoms with Crippen LogP contribution in [0.4, 0.5) is 5.69 Å². The van der Waals surface area contributed by atoms with E-state index in [0.717, 1.165) is 11.1 Å². The summed E-state index contributed by atoms with van der Waals surface area (Å²) >= 11 is 0. The van der Waals surface area contributed by atoms with Crippen molar-refractivity contribution in [3.8, 4) is 0 Å². The summed E-state index contributed by atoms with van der Waals surface area (Å²) in [6.45, 7) is 5.72. The molecule has 1 atom stereocenters. The topological polar surface area (TPSA) is 66.5 Å². The molecule has 0 fully saturated rings. The molecule has 3 aromatic rings. The minimum atomic E-state index is -3.91. The Kier molecular flexibility index (Phi) is 7.13. The minimum Gasteiger partial charge on any atom is -0.348 e. The highest BCUT2D eigenvalue weighted by molar-refractivity contribution is 7.92. The highest BCUT2D eigenvalue weighted by atomic mass is 32.2. The lowest BCUT2D eigenvalue weighted by Gasteiger charge is -2.25. The van der Waals surface area contributed by atoms with E-state index in [1.54, 1.807) is 30.3 Å². The van der Waals surface area contributed by atoms with Crippen molar-refractivity contribution in [1.29, 1.82) is 0 Å². The molecule has 0 saturated heterocycles. The van der Waals surface area contributed by atoms with Crippen molar-refractivity contribution >= 4 is 21.6 Å². The van der Waals surface area contributed by atoms with Crippen LogP contribution < -0.4 is 9.62 Å². The summed E-state index contributed by atoms with van der Waals surface area (Å²) in [6, 6.07) is 24.8. The molecule has 0 spiro atoms. The Morgan fingerprint density at radius 2 is 1.35 bits per heavy atom. The number of benzene rings is 3. The number of rotatable bonds is 8. The van der Waals surface area contributed by atoms with Gasteiger partial charge in [-0.05, 0) is 48.2 Å². The van der Waals surface area contributed by atoms with E-state index in [9.17, 15) is 13.2 Å². The van der Waals surface area contributed by atoms with Gasteiger partial charge in [-0.25, -0.2) is 8.42 Å². The zero-order chi connectivity index (χ0) is 22.4. The van der Waals surface area contributed by atoms with E-state index in [0.29, 0.717) is 11.6 Å². The Hall–Kier alpha value is -3.12. The van der Waals surface area contributed by atoms with E-state index in [2.05, 4.69) is 19.2 Å². The molecule has 0 aliphatic carbocycles. The van der Waals surface area contributed by atoms with Gasteiger partial charge in [0.15, 0.2) is 0 Å². The number of carbonyl (C=O) groups is 1. The Morgan fingerprint density at radius 3 is 1.90 bits per heavy atom. The third kappa shape index (κ3) is 5.52. The van der Waals surface area contributed by atoms with Gasteiger partial charge >= 0.3 is 0 Å². The molecule has 0 bridgehead atoms. The van der Waals surface area contributed by atoms with E-state index in [4.69, 9.17) is 0 Å². The SMILES string of the molecule is CC(C)c1ccc(N(CC(=O)N[C@H](C)c2ccccc2)S(=O)(=O)c2ccccc2)cc1. The maximum absolute atomic E-state index is 13.4. The molecule has 6 heteroatoms. The van der Waals surface area contributed by atoms with Gasteiger partial charge in [0.1, 0.15) is 6.54 Å². The zero-order valence-corrected chi connectivity index (χ0v) is 18.8. The molecule has 162 valence electrons. The number of sulfonamides is 1. The van der Waals surface area contributed by atoms with Gasteiger partial charge in [0.25, 0.3) is 10.0 Å². The maximum atomic E-state index is 13.4. The van der Waals surface area contributed by atoms with Crippen LogP contribution in [0.5, 0.6) is 0 Å². The van der Waals surface area contributed by atoms with Gasteiger partial charge in [-0.3, -0.25) is 9.10 Å². The number of amides is 1. The van der Waals surface area contributed by atoms with Crippen LogP contribution in [-0.2, 0) is 14.8 Å². The van der Waals surface area contributed by atoms with Crippen LogP contribution in [0.25, 0.3) is 0 Å². The summed E-state index contributed by atoms with van der Waals surface area (Å²) in [5.41, 5.74) is 2.51. The molecule has 3 rings (SSSR count). The van der Waals surface area contributed by atoms with Crippen LogP contribution in [0.1, 0.15) is 43.9 Å². The van der Waals surface area contributed by atoms with E-state index >= 15 is 0 Å². The van der Waals surface area contributed by atoms with Crippen molar-refractivity contribution in [2.75, 3.05) is 10.8 Å². The molecule has 0 unspecified atom stereocenters. The van der Waals surface area contributed by atoms with Gasteiger partial charge in [-0.2, -0.15) is 0 Å². The Balaban J connectivity index is 1.89. The average Bonchev–Trinajstić information content (AvgIpc) is 2.78. The molecular formula is C25H28N2O3S. The van der Waals surface area contributed by atoms with Gasteiger partial charge in [-0.15, -0.1) is 0 Å². The van der Waals surface area contributed by atoms with Gasteiger partial charge in [0.05, 0.1) is 16.6 Å². The normalized spacial score (nSPS) is 12.4. The Bertz CT molecular complexity index is 1100. The molecule has 0 aliphatic rings. The van der Waals surface area contributed by atoms with E-state index < -0.39 is 10.0 Å². The molecule has 0 aromatic heterocycles. The fourth-order valence-electron chi connectivity index (χ4n) is 3.30. The number of nitrogens with zero attached hydrogens (tertiary/aromatic N) is 1. The first-order chi connectivity index (χ1) is 14.8. The number of carbonyl (C=O) groups excluding carboxylic acids is 1. The molecule has 0 radical (unpaired) electrons. The highest BCUT2D eigenvalue weighted by Crippen LogP contribution is 2.26. The summed E-state index contributed by atoms with van der Waals surface area (Å²) in [5, 5.41) is 2.90. The molecule has 0 aliphatic heterocycles. The fourth-order valence-corrected chi connectivity index (χ4v) is 4.74. The summed E-state index contributed by atoms with van der Waals surface area (Å²) in [5.74, 6) is -0.0490. The van der Waals surface area contributed by atoms with Crippen LogP contribution in [0, 0.1) is 0 Å². The first kappa shape index (κ1) is 22.6. The van der Waals surface area contributed by atoms with Crippen molar-refractivity contribution in [1.82, 2.24) is 5.32 Å². The van der Waals surface area contributed by atoms with Crippen molar-refractivity contribution in [3.05, 3.63) is 96.1 Å². The summed E-state index contributed by atoms with van der Waals surface area (Å²) in [6.07, 6.45) is 0. The smallest absolute Gasteiger partial charge is 0.264 e. The fraction of sp³-hybridized carbons (Fsp3) is 0.240. The van der Waals surface area contributed by atoms with Crippen LogP contribution in [-0.4, -0.2) is 20.9 Å². The van der Waals surface area contributed by atoms with Gasteiger partial charge < -0.3 is 5.32 Å². The number of anilines is 1. The number of nitrogens with one attached hydrogen (secondary N) is 1. The predicted molar refractivity (Wildman–Crippen MR) is 125 cm³/mol. The first-order valence-corrected chi connectivity index (χ1v) is 11.7. The van der Waals surface area contributed by atoms with E-state index in [1.807, 2.05) is 49.4 Å². The lowest BCUT2D eigenvalue weighted by molar-refractivity contribution is -0.120. The second-order valence-electron chi connectivity index (χ2n) is 7.77. The standard InChI is InChI=1S/C25H28N2O3S/c1-19(2)21-14-16-23(17-15-21)27(31(29,30)24-12-8-5-9-13-24)18-25(28)26-20(3)22-10-6-4-7-11-22/h4-17,19-20H,18H2,1-3H3,(H,26,28)/t20-/m1/s1. The number of hydrogen-bond donors (Lipinski definition) is 1. The summed E-state index contributed by atoms with van der Waals surface area (Å²) in [4.78, 5) is 13.0. The van der Waals surface area contributed by atoms with Gasteiger partial charge in [0, 0.05) is 0 Å². The second kappa shape index (κ2) is 9.79. The van der Waals surface area contributed by atoms with Crippen molar-refractivity contribution in [2.45, 2.75) is 37.6 Å². The third-order valence-corrected chi connectivity index (χ3v) is 6.93. The van der Waals surface area contributed by atoms with Crippen LogP contribution >= 0.6 is 0 Å². The van der Waals surface area contributed by atoms with Crippen LogP contribution in [0.2, 0.25) is 0 Å². The molecule has 3 aromatic carbocycles. The minimum absolute atomic E-state index is 0.145. The van der Waals surface area contributed by atoms with Crippen LogP contribution in [0.15, 0.2) is 89.8 Å². The molecule has 31 heavy (non-hydrogen) atoms. The third-order valence-electron chi connectivity index (χ3n) is 5.14. The molecule has 0 heterocycles. The molecule has 1 N–H and O–H groups in total. The zero-order valence-electron chi connectivity index (χ0n) is 18.0. The van der Waals surface area contributed by atoms with Crippen molar-refractivity contribution < 1.29 is 13.2 Å². The lowest BCUT2D eigenvalue weighted by atomic mass is 10.0.